The molecule has 274 valence electrons. The van der Waals surface area contributed by atoms with Gasteiger partial charge < -0.3 is 20.4 Å². The zero-order valence-electron chi connectivity index (χ0n) is 29.1. The Labute approximate surface area is 308 Å². The number of anilines is 1. The van der Waals surface area contributed by atoms with Crippen LogP contribution in [0.4, 0.5) is 5.69 Å². The van der Waals surface area contributed by atoms with Crippen molar-refractivity contribution in [2.75, 3.05) is 11.0 Å². The van der Waals surface area contributed by atoms with Crippen molar-refractivity contribution in [3.63, 3.8) is 0 Å². The molecule has 0 radical (unpaired) electrons. The second-order valence-electron chi connectivity index (χ2n) is 11.8. The molecule has 0 amide bonds. The molecular weight excluding hydrogens is 715 g/mol. The van der Waals surface area contributed by atoms with E-state index in [0.29, 0.717) is 22.3 Å². The molecule has 0 saturated heterocycles. The van der Waals surface area contributed by atoms with Crippen LogP contribution >= 0.6 is 0 Å². The quantitative estimate of drug-likeness (QED) is 0.117. The number of hydrogen-bond donors (Lipinski definition) is 5. The highest BCUT2D eigenvalue weighted by Crippen LogP contribution is 2.24. The summed E-state index contributed by atoms with van der Waals surface area (Å²) in [6.07, 6.45) is 4.51. The molecule has 11 nitrogen and oxygen atoms in total. The van der Waals surface area contributed by atoms with Gasteiger partial charge >= 0.3 is 0 Å². The Morgan fingerprint density at radius 3 is 1.85 bits per heavy atom. The van der Waals surface area contributed by atoms with E-state index in [1.165, 1.54) is 18.2 Å². The van der Waals surface area contributed by atoms with E-state index in [1.54, 1.807) is 85.2 Å². The maximum absolute atomic E-state index is 12.0. The van der Waals surface area contributed by atoms with Gasteiger partial charge in [0.2, 0.25) is 0 Å². The van der Waals surface area contributed by atoms with Gasteiger partial charge in [-0.25, -0.2) is 16.8 Å². The summed E-state index contributed by atoms with van der Waals surface area (Å²) in [5.41, 5.74) is 4.24. The molecule has 0 bridgehead atoms. The Morgan fingerprint density at radius 1 is 0.604 bits per heavy atom. The van der Waals surface area contributed by atoms with E-state index in [1.807, 2.05) is 50.2 Å². The fourth-order valence-corrected chi connectivity index (χ4v) is 6.66. The molecule has 53 heavy (non-hydrogen) atoms. The van der Waals surface area contributed by atoms with E-state index >= 15 is 0 Å². The van der Waals surface area contributed by atoms with Crippen LogP contribution in [0, 0.1) is 13.8 Å². The fraction of sp³-hybridized carbons (Fsp3) is 0.100. The minimum atomic E-state index is -3.61. The van der Waals surface area contributed by atoms with Gasteiger partial charge in [0.25, 0.3) is 10.0 Å². The fourth-order valence-electron chi connectivity index (χ4n) is 4.80. The number of rotatable bonds is 5. The number of phenolic OH excluding ortho intramolecular Hbond substituents is 4. The van der Waals surface area contributed by atoms with Gasteiger partial charge in [0.05, 0.1) is 16.3 Å². The van der Waals surface area contributed by atoms with Crippen LogP contribution in [0.2, 0.25) is 0 Å². The highest BCUT2D eigenvalue weighted by Gasteiger charge is 2.14. The zero-order chi connectivity index (χ0) is 38.6. The molecule has 2 aromatic heterocycles. The van der Waals surface area contributed by atoms with Gasteiger partial charge in [-0.2, -0.15) is 0 Å². The van der Waals surface area contributed by atoms with Gasteiger partial charge in [0.1, 0.15) is 34.0 Å². The van der Waals surface area contributed by atoms with Crippen LogP contribution in [0.3, 0.4) is 0 Å². The molecule has 0 aliphatic heterocycles. The smallest absolute Gasteiger partial charge is 0.261 e. The van der Waals surface area contributed by atoms with Gasteiger partial charge in [0, 0.05) is 41.1 Å². The van der Waals surface area contributed by atoms with E-state index < -0.39 is 19.9 Å². The number of hydrogen-bond acceptors (Lipinski definition) is 10. The zero-order valence-corrected chi connectivity index (χ0v) is 30.8. The molecule has 0 aliphatic carbocycles. The summed E-state index contributed by atoms with van der Waals surface area (Å²) in [5.74, 6) is 0.418. The lowest BCUT2D eigenvalue weighted by atomic mass is 10.1. The number of aromatic nitrogens is 2. The van der Waals surface area contributed by atoms with Crippen molar-refractivity contribution in [1.82, 2.24) is 9.97 Å². The first-order valence-corrected chi connectivity index (χ1v) is 19.6. The molecule has 0 atom stereocenters. The number of phenols is 4. The number of nitrogens with one attached hydrogen (secondary N) is 1. The molecule has 0 unspecified atom stereocenters. The Kier molecular flexibility index (Phi) is 13.3. The number of nitrogens with zero attached hydrogens (tertiary/aromatic N) is 2. The monoisotopic (exact) mass is 753 g/mol. The average Bonchev–Trinajstić information content (AvgIpc) is 3.11. The van der Waals surface area contributed by atoms with Gasteiger partial charge in [-0.05, 0) is 74.0 Å². The standard InChI is InChI=1S/C13H13NO3S.C10H9NO.C9H7NO.C8H10O3S/c1-10-5-7-13(8-6-10)18(16,17)14-11-3-2-4-12(15)9-11;1-7-5-6-11-10-8(7)3-2-4-9(10)12;11-8-5-1-3-7-4-2-6-10-9(7)8;1-12(10,11)6-7-4-2-3-5-8(7)9/h2-9,14-15H,1H3;2-6,12H,1H3;1-6,11H;2-5,9H,6H2,1H3. The molecule has 0 saturated carbocycles. The van der Waals surface area contributed by atoms with Crippen LogP contribution in [-0.2, 0) is 25.6 Å². The average molecular weight is 754 g/mol. The predicted octanol–water partition coefficient (Wildman–Crippen LogP) is 7.63. The SMILES string of the molecule is CS(=O)(=O)Cc1ccccc1O.Cc1ccc(S(=O)(=O)Nc2cccc(O)c2)cc1.Cc1ccnc2c(O)cccc12.Oc1cccc2cccnc12. The van der Waals surface area contributed by atoms with Crippen LogP contribution in [0.25, 0.3) is 21.8 Å². The van der Waals surface area contributed by atoms with E-state index in [2.05, 4.69) is 14.7 Å². The largest absolute Gasteiger partial charge is 0.508 e. The maximum atomic E-state index is 12.0. The second-order valence-corrected chi connectivity index (χ2v) is 15.6. The lowest BCUT2D eigenvalue weighted by Crippen LogP contribution is -2.12. The van der Waals surface area contributed by atoms with Crippen molar-refractivity contribution in [3.8, 4) is 23.0 Å². The second kappa shape index (κ2) is 17.8. The summed E-state index contributed by atoms with van der Waals surface area (Å²) >= 11 is 0. The summed E-state index contributed by atoms with van der Waals surface area (Å²) in [7, 11) is -6.67. The van der Waals surface area contributed by atoms with Crippen LogP contribution in [0.15, 0.2) is 145 Å². The van der Waals surface area contributed by atoms with Crippen LogP contribution in [0.1, 0.15) is 16.7 Å². The number of sulfonamides is 1. The van der Waals surface area contributed by atoms with Crippen LogP contribution in [0.5, 0.6) is 23.0 Å². The van der Waals surface area contributed by atoms with Gasteiger partial charge in [-0.3, -0.25) is 14.7 Å². The summed E-state index contributed by atoms with van der Waals surface area (Å²) in [6, 6.07) is 35.4. The topological polar surface area (TPSA) is 187 Å². The third-order valence-corrected chi connectivity index (χ3v) is 9.65. The third kappa shape index (κ3) is 11.9. The Balaban J connectivity index is 0.000000161. The Hall–Kier alpha value is -6.18. The summed E-state index contributed by atoms with van der Waals surface area (Å²) in [5, 5.41) is 39.2. The molecule has 0 aliphatic rings. The maximum Gasteiger partial charge on any atom is 0.261 e. The molecule has 2 heterocycles. The normalized spacial score (nSPS) is 10.8. The highest BCUT2D eigenvalue weighted by molar-refractivity contribution is 7.92. The first kappa shape index (κ1) is 39.6. The van der Waals surface area contributed by atoms with Gasteiger partial charge in [-0.1, -0.05) is 72.3 Å². The minimum Gasteiger partial charge on any atom is -0.508 e. The molecule has 0 fully saturated rings. The molecule has 5 N–H and O–H groups in total. The number of aryl methyl sites for hydroxylation is 2. The number of fused-ring (bicyclic) bond motifs is 2. The molecule has 7 rings (SSSR count). The highest BCUT2D eigenvalue weighted by atomic mass is 32.2. The first-order valence-electron chi connectivity index (χ1n) is 16.0. The lowest BCUT2D eigenvalue weighted by Gasteiger charge is -2.08. The molecule has 13 heteroatoms. The van der Waals surface area contributed by atoms with Gasteiger partial charge in [0.15, 0.2) is 9.84 Å². The van der Waals surface area contributed by atoms with Crippen molar-refractivity contribution in [3.05, 3.63) is 156 Å². The van der Waals surface area contributed by atoms with E-state index in [4.69, 9.17) is 0 Å². The number of para-hydroxylation sites is 3. The van der Waals surface area contributed by atoms with E-state index in [9.17, 15) is 37.3 Å². The minimum absolute atomic E-state index is 0.0131. The third-order valence-electron chi connectivity index (χ3n) is 7.42. The van der Waals surface area contributed by atoms with Crippen molar-refractivity contribution in [2.24, 2.45) is 0 Å². The van der Waals surface area contributed by atoms with Gasteiger partial charge in [-0.15, -0.1) is 0 Å². The molecular formula is C40H39N3O8S2. The predicted molar refractivity (Wildman–Crippen MR) is 208 cm³/mol. The Bertz CT molecular complexity index is 2480. The molecule has 0 spiro atoms. The summed E-state index contributed by atoms with van der Waals surface area (Å²) in [6.45, 7) is 3.89. The number of benzene rings is 5. The molecule has 7 aromatic rings. The van der Waals surface area contributed by atoms with E-state index in [-0.39, 0.29) is 33.6 Å². The van der Waals surface area contributed by atoms with Crippen LogP contribution < -0.4 is 4.72 Å². The van der Waals surface area contributed by atoms with Crippen molar-refractivity contribution >= 4 is 47.4 Å². The van der Waals surface area contributed by atoms with Crippen molar-refractivity contribution in [1.29, 1.82) is 0 Å². The first-order chi connectivity index (χ1) is 25.1. The Morgan fingerprint density at radius 2 is 1.21 bits per heavy atom. The number of aromatic hydroxyl groups is 4. The number of pyridine rings is 2. The van der Waals surface area contributed by atoms with Crippen LogP contribution in [-0.4, -0.2) is 53.5 Å². The molecule has 5 aromatic carbocycles. The van der Waals surface area contributed by atoms with Crippen molar-refractivity contribution in [2.45, 2.75) is 24.5 Å². The summed E-state index contributed by atoms with van der Waals surface area (Å²) < 4.78 is 48.2. The van der Waals surface area contributed by atoms with E-state index in [0.717, 1.165) is 28.2 Å². The lowest BCUT2D eigenvalue weighted by molar-refractivity contribution is 0.469. The number of sulfone groups is 1. The summed E-state index contributed by atoms with van der Waals surface area (Å²) in [4.78, 5) is 8.31. The van der Waals surface area contributed by atoms with Crippen molar-refractivity contribution < 1.29 is 37.3 Å².